The quantitative estimate of drug-likeness (QED) is 0.452. The first kappa shape index (κ1) is 10.0. The van der Waals surface area contributed by atoms with Gasteiger partial charge in [0.1, 0.15) is 0 Å². The lowest BCUT2D eigenvalue weighted by atomic mass is 10.3. The van der Waals surface area contributed by atoms with Gasteiger partial charge in [0.05, 0.1) is 6.42 Å². The topological polar surface area (TPSA) is 123 Å². The van der Waals surface area contributed by atoms with Gasteiger partial charge >= 0.3 is 8.03 Å². The molecule has 62 valence electrons. The molecule has 0 aliphatic rings. The maximum absolute atomic E-state index is 10.3. The van der Waals surface area contributed by atoms with E-state index >= 15 is 0 Å². The largest absolute Gasteiger partial charge is 0.519 e. The Kier molecular flexibility index (Phi) is 3.64. The molecule has 6 nitrogen and oxygen atoms in total. The van der Waals surface area contributed by atoms with Crippen LogP contribution in [-0.4, -0.2) is 22.4 Å². The summed E-state index contributed by atoms with van der Waals surface area (Å²) >= 11 is 0. The molecule has 2 amide bonds. The summed E-state index contributed by atoms with van der Waals surface area (Å²) in [6, 6.07) is 0. The third kappa shape index (κ3) is 3.64. The van der Waals surface area contributed by atoms with Crippen LogP contribution in [0.4, 0.5) is 0 Å². The van der Waals surface area contributed by atoms with Crippen LogP contribution in [0.15, 0.2) is 0 Å². The van der Waals surface area contributed by atoms with E-state index in [1.165, 1.54) is 0 Å². The van der Waals surface area contributed by atoms with E-state index in [2.05, 4.69) is 5.73 Å². The lowest BCUT2D eigenvalue weighted by Crippen LogP contribution is -2.30. The zero-order valence-electron chi connectivity index (χ0n) is 5.56. The van der Waals surface area contributed by atoms with Crippen molar-refractivity contribution in [2.24, 2.45) is 11.5 Å². The van der Waals surface area contributed by atoms with Gasteiger partial charge in [0.15, 0.2) is 0 Å². The molecule has 0 heterocycles. The van der Waals surface area contributed by atoms with Crippen molar-refractivity contribution in [3.8, 4) is 0 Å². The second-order valence-electron chi connectivity index (χ2n) is 1.89. The lowest BCUT2D eigenvalue weighted by Gasteiger charge is -1.94. The predicted octanol–water partition coefficient (Wildman–Crippen LogP) is -1.55. The first-order valence-corrected chi connectivity index (χ1v) is 3.96. The van der Waals surface area contributed by atoms with Gasteiger partial charge in [-0.15, -0.1) is 0 Å². The normalized spacial score (nSPS) is 13.7. The van der Waals surface area contributed by atoms with Gasteiger partial charge in [-0.05, 0) is 4.57 Å². The van der Waals surface area contributed by atoms with E-state index in [4.69, 9.17) is 10.6 Å². The summed E-state index contributed by atoms with van der Waals surface area (Å²) in [6.45, 7) is 0. The molecule has 0 saturated carbocycles. The zero-order chi connectivity index (χ0) is 9.02. The van der Waals surface area contributed by atoms with Crippen LogP contribution >= 0.6 is 8.03 Å². The summed E-state index contributed by atoms with van der Waals surface area (Å²) in [4.78, 5) is 29.0. The molecule has 0 bridgehead atoms. The second-order valence-corrected chi connectivity index (χ2v) is 3.12. The number of hydrogen-bond acceptors (Lipinski definition) is 3. The van der Waals surface area contributed by atoms with Crippen molar-refractivity contribution in [3.05, 3.63) is 0 Å². The minimum Gasteiger partial charge on any atom is -0.370 e. The molecule has 0 spiro atoms. The van der Waals surface area contributed by atoms with Crippen molar-refractivity contribution >= 4 is 19.8 Å². The van der Waals surface area contributed by atoms with Gasteiger partial charge in [-0.25, -0.2) is 0 Å². The van der Waals surface area contributed by atoms with Crippen LogP contribution in [0, 0.1) is 0 Å². The Bertz CT molecular complexity index is 190. The fourth-order valence-corrected chi connectivity index (χ4v) is 1.03. The summed E-state index contributed by atoms with van der Waals surface area (Å²) in [7, 11) is -2.76. The Morgan fingerprint density at radius 1 is 1.45 bits per heavy atom. The summed E-state index contributed by atoms with van der Waals surface area (Å²) in [5.41, 5.74) is 8.02. The molecule has 2 unspecified atom stereocenters. The standard InChI is InChI=1S/C4H7N2O4P/c5-3(7)1-2(4(6)8)11(9)10/h2H,1H2,(H4-,5,6,7,8,9,10)/p+1. The Morgan fingerprint density at radius 2 is 1.91 bits per heavy atom. The fourth-order valence-electron chi connectivity index (χ4n) is 0.478. The number of amides is 2. The predicted molar refractivity (Wildman–Crippen MR) is 36.6 cm³/mol. The summed E-state index contributed by atoms with van der Waals surface area (Å²) < 4.78 is 10.3. The van der Waals surface area contributed by atoms with E-state index in [1.807, 2.05) is 0 Å². The van der Waals surface area contributed by atoms with E-state index in [-0.39, 0.29) is 0 Å². The third-order valence-electron chi connectivity index (χ3n) is 0.990. The Hall–Kier alpha value is -1.00. The highest BCUT2D eigenvalue weighted by molar-refractivity contribution is 7.40. The molecule has 0 rings (SSSR count). The molecule has 0 saturated heterocycles. The van der Waals surface area contributed by atoms with Crippen LogP contribution in [0.1, 0.15) is 6.42 Å². The molecule has 5 N–H and O–H groups in total. The maximum atomic E-state index is 10.3. The Labute approximate surface area is 63.4 Å². The Morgan fingerprint density at radius 3 is 2.00 bits per heavy atom. The van der Waals surface area contributed by atoms with E-state index in [0.29, 0.717) is 0 Å². The zero-order valence-corrected chi connectivity index (χ0v) is 6.45. The van der Waals surface area contributed by atoms with Gasteiger partial charge in [0.2, 0.25) is 5.91 Å². The Balaban J connectivity index is 4.23. The summed E-state index contributed by atoms with van der Waals surface area (Å²) in [5.74, 6) is -1.82. The fraction of sp³-hybridized carbons (Fsp3) is 0.500. The lowest BCUT2D eigenvalue weighted by molar-refractivity contribution is -0.123. The molecule has 0 aromatic heterocycles. The highest BCUT2D eigenvalue weighted by atomic mass is 31.1. The highest BCUT2D eigenvalue weighted by Gasteiger charge is 2.36. The molecule has 2 atom stereocenters. The van der Waals surface area contributed by atoms with Crippen LogP contribution < -0.4 is 11.5 Å². The number of primary amides is 2. The molecule has 0 aliphatic heterocycles. The van der Waals surface area contributed by atoms with Crippen molar-refractivity contribution in [2.75, 3.05) is 0 Å². The molecular formula is C4H8N2O4P+. The van der Waals surface area contributed by atoms with Crippen molar-refractivity contribution < 1.29 is 19.0 Å². The minimum atomic E-state index is -2.76. The molecule has 0 radical (unpaired) electrons. The van der Waals surface area contributed by atoms with Crippen LogP contribution in [0.2, 0.25) is 0 Å². The van der Waals surface area contributed by atoms with Crippen molar-refractivity contribution in [1.82, 2.24) is 0 Å². The highest BCUT2D eigenvalue weighted by Crippen LogP contribution is 2.24. The smallest absolute Gasteiger partial charge is 0.370 e. The minimum absolute atomic E-state index is 0.485. The van der Waals surface area contributed by atoms with E-state index in [0.717, 1.165) is 0 Å². The average Bonchev–Trinajstić information content (AvgIpc) is 1.81. The molecule has 0 fully saturated rings. The molecular weight excluding hydrogens is 171 g/mol. The van der Waals surface area contributed by atoms with Crippen molar-refractivity contribution in [3.63, 3.8) is 0 Å². The molecule has 7 heteroatoms. The van der Waals surface area contributed by atoms with Crippen LogP contribution in [0.25, 0.3) is 0 Å². The molecule has 0 aromatic rings. The van der Waals surface area contributed by atoms with E-state index in [9.17, 15) is 14.2 Å². The van der Waals surface area contributed by atoms with Crippen LogP contribution in [-0.2, 0) is 14.2 Å². The van der Waals surface area contributed by atoms with E-state index < -0.39 is 31.9 Å². The third-order valence-corrected chi connectivity index (χ3v) is 1.96. The van der Waals surface area contributed by atoms with Gasteiger partial charge in [0, 0.05) is 0 Å². The number of hydrogen-bond donors (Lipinski definition) is 3. The van der Waals surface area contributed by atoms with Crippen LogP contribution in [0.5, 0.6) is 0 Å². The average molecular weight is 179 g/mol. The van der Waals surface area contributed by atoms with Gasteiger partial charge in [-0.1, -0.05) is 0 Å². The van der Waals surface area contributed by atoms with Gasteiger partial charge in [0.25, 0.3) is 11.6 Å². The van der Waals surface area contributed by atoms with Crippen molar-refractivity contribution in [2.45, 2.75) is 12.1 Å². The van der Waals surface area contributed by atoms with Gasteiger partial charge in [-0.2, -0.15) is 4.89 Å². The molecule has 0 aromatic carbocycles. The van der Waals surface area contributed by atoms with E-state index in [1.54, 1.807) is 0 Å². The second kappa shape index (κ2) is 4.00. The van der Waals surface area contributed by atoms with Gasteiger partial charge < -0.3 is 11.5 Å². The van der Waals surface area contributed by atoms with Crippen LogP contribution in [0.3, 0.4) is 0 Å². The summed E-state index contributed by atoms with van der Waals surface area (Å²) in [6.07, 6.45) is -0.485. The number of carbonyl (C=O) groups is 2. The number of nitrogens with two attached hydrogens (primary N) is 2. The first-order chi connectivity index (χ1) is 4.95. The monoisotopic (exact) mass is 179 g/mol. The SMILES string of the molecule is NC(=O)CC(C(N)=O)[P+](=O)O. The van der Waals surface area contributed by atoms with Crippen molar-refractivity contribution in [1.29, 1.82) is 0 Å². The maximum Gasteiger partial charge on any atom is 0.519 e. The summed E-state index contributed by atoms with van der Waals surface area (Å²) in [5, 5.41) is 0. The molecule has 11 heavy (non-hydrogen) atoms. The first-order valence-electron chi connectivity index (χ1n) is 2.68. The molecule has 0 aliphatic carbocycles. The number of carbonyl (C=O) groups excluding carboxylic acids is 2. The number of rotatable bonds is 4. The van der Waals surface area contributed by atoms with Gasteiger partial charge in [-0.3, -0.25) is 9.59 Å².